The Bertz CT molecular complexity index is 2230. The predicted octanol–water partition coefficient (Wildman–Crippen LogP) is 15.3. The molecule has 0 heterocycles. The van der Waals surface area contributed by atoms with Gasteiger partial charge >= 0.3 is 355 Å². The summed E-state index contributed by atoms with van der Waals surface area (Å²) in [7, 11) is 0. The van der Waals surface area contributed by atoms with Crippen LogP contribution in [-0.2, 0) is 17.4 Å². The van der Waals surface area contributed by atoms with Gasteiger partial charge in [0.15, 0.2) is 0 Å². The molecule has 10 aliphatic carbocycles. The van der Waals surface area contributed by atoms with Crippen molar-refractivity contribution in [2.45, 2.75) is 107 Å². The van der Waals surface area contributed by atoms with E-state index in [1.165, 1.54) is 97.6 Å². The zero-order valence-corrected chi connectivity index (χ0v) is 42.2. The molecule has 0 amide bonds. The van der Waals surface area contributed by atoms with Crippen LogP contribution in [0.15, 0.2) is 96.1 Å². The third-order valence-electron chi connectivity index (χ3n) is 18.7. The summed E-state index contributed by atoms with van der Waals surface area (Å²) in [4.78, 5) is 0. The summed E-state index contributed by atoms with van der Waals surface area (Å²) in [6.07, 6.45) is 23.6. The molecule has 8 saturated carbocycles. The number of benzene rings is 4. The van der Waals surface area contributed by atoms with Crippen LogP contribution < -0.4 is 0 Å². The van der Waals surface area contributed by atoms with Gasteiger partial charge in [0.2, 0.25) is 0 Å². The molecule has 4 heteroatoms. The fraction of sp³-hybridized carbons (Fsp3) is 0.500. The molecular formula is C56H68Cl2SiZr. The fourth-order valence-corrected chi connectivity index (χ4v) is 36.7. The first-order valence-corrected chi connectivity index (χ1v) is 37.6. The molecule has 8 bridgehead atoms. The SMILES string of the molecule is Cc1ccc(-c2cccc3c2C=C(CC2C4CC5CC(C4)CC2C5)[CH]3[Zr]([CH3])([CH3])(=[SiH2])[CH]2C(CC3C4CC5CC(C4)CC3C5)=Cc3c(-c4ccc(C)cc4)cccc32)cc1.Cl.Cl. The van der Waals surface area contributed by atoms with Crippen LogP contribution in [0.25, 0.3) is 34.4 Å². The molecule has 0 radical (unpaired) electrons. The Morgan fingerprint density at radius 1 is 0.467 bits per heavy atom. The van der Waals surface area contributed by atoms with Gasteiger partial charge in [-0.2, -0.15) is 0 Å². The Morgan fingerprint density at radius 2 is 0.800 bits per heavy atom. The standard InChI is InChI=1S/2C27H29.2CH3.2ClH.H2Si.Zr/c2*1-17-5-7-21(8-6-17)25-4-2-3-22-10-20(16-27(22)25)15-26-23-11-18-9-19(13-23)14-24(26)12-18;;;;;;/h2*2-8,10,16,18-19,23-24,26H,9,11-15H2,1H3;2*1H3;2*1H;1H2;. The van der Waals surface area contributed by atoms with Gasteiger partial charge in [-0.15, -0.1) is 24.8 Å². The number of halogens is 2. The molecule has 0 aliphatic heterocycles. The summed E-state index contributed by atoms with van der Waals surface area (Å²) >= 11 is -3.92. The molecular weight excluding hydrogens is 863 g/mol. The van der Waals surface area contributed by atoms with Crippen LogP contribution in [0.2, 0.25) is 9.26 Å². The first-order chi connectivity index (χ1) is 28.0. The second-order valence-electron chi connectivity index (χ2n) is 23.2. The molecule has 60 heavy (non-hydrogen) atoms. The van der Waals surface area contributed by atoms with E-state index < -0.39 is 17.4 Å². The van der Waals surface area contributed by atoms with Crippen LogP contribution in [0.3, 0.4) is 0 Å². The zero-order chi connectivity index (χ0) is 39.1. The van der Waals surface area contributed by atoms with Crippen LogP contribution in [0, 0.1) is 73.0 Å². The molecule has 0 aromatic heterocycles. The Kier molecular flexibility index (Phi) is 10.7. The minimum Gasteiger partial charge on any atom is -0.147 e. The van der Waals surface area contributed by atoms with Crippen molar-refractivity contribution in [3.8, 4) is 22.3 Å². The molecule has 4 aromatic carbocycles. The maximum atomic E-state index is 2.96. The van der Waals surface area contributed by atoms with Crippen molar-refractivity contribution in [2.24, 2.45) is 59.2 Å². The van der Waals surface area contributed by atoms with Gasteiger partial charge in [-0.1, -0.05) is 0 Å². The van der Waals surface area contributed by atoms with Crippen molar-refractivity contribution in [2.75, 3.05) is 0 Å². The first-order valence-electron chi connectivity index (χ1n) is 23.9. The summed E-state index contributed by atoms with van der Waals surface area (Å²) in [5, 5.41) is 0. The molecule has 2 atom stereocenters. The average Bonchev–Trinajstić information content (AvgIpc) is 3.77. The Balaban J connectivity index is 0.00000216. The van der Waals surface area contributed by atoms with Gasteiger partial charge in [-0.25, -0.2) is 0 Å². The summed E-state index contributed by atoms with van der Waals surface area (Å²) in [6, 6.07) is 33.9. The number of rotatable bonds is 8. The van der Waals surface area contributed by atoms with Crippen LogP contribution in [0.5, 0.6) is 0 Å². The van der Waals surface area contributed by atoms with E-state index in [-0.39, 0.29) is 24.8 Å². The van der Waals surface area contributed by atoms with Crippen LogP contribution in [-0.4, -0.2) is 6.88 Å². The zero-order valence-electron chi connectivity index (χ0n) is 36.7. The number of hydrogen-bond acceptors (Lipinski definition) is 0. The van der Waals surface area contributed by atoms with Crippen molar-refractivity contribution in [1.29, 1.82) is 0 Å². The van der Waals surface area contributed by atoms with E-state index in [1.807, 2.05) is 11.1 Å². The van der Waals surface area contributed by atoms with Crippen molar-refractivity contribution >= 4 is 43.8 Å². The Labute approximate surface area is 376 Å². The second-order valence-corrected chi connectivity index (χ2v) is 53.7. The average molecular weight is 931 g/mol. The van der Waals surface area contributed by atoms with Crippen LogP contribution in [0.1, 0.15) is 118 Å². The van der Waals surface area contributed by atoms with Gasteiger partial charge in [0.05, 0.1) is 0 Å². The summed E-state index contributed by atoms with van der Waals surface area (Å²) in [6.45, 7) is 7.09. The van der Waals surface area contributed by atoms with Crippen molar-refractivity contribution < 1.29 is 17.4 Å². The van der Waals surface area contributed by atoms with E-state index in [2.05, 4.69) is 127 Å². The van der Waals surface area contributed by atoms with Gasteiger partial charge in [0, 0.05) is 0 Å². The summed E-state index contributed by atoms with van der Waals surface area (Å²) in [5.41, 5.74) is 18.7. The topological polar surface area (TPSA) is 0 Å². The third-order valence-corrected chi connectivity index (χ3v) is 36.2. The largest absolute Gasteiger partial charge is 0.147 e. The van der Waals surface area contributed by atoms with E-state index in [0.29, 0.717) is 7.25 Å². The molecule has 0 nitrogen and oxygen atoms in total. The van der Waals surface area contributed by atoms with Crippen molar-refractivity contribution in [3.63, 3.8) is 0 Å². The minimum absolute atomic E-state index is 0. The number of allylic oxidation sites excluding steroid dienone is 2. The van der Waals surface area contributed by atoms with E-state index >= 15 is 0 Å². The summed E-state index contributed by atoms with van der Waals surface area (Å²) < 4.78 is 7.09. The van der Waals surface area contributed by atoms with Crippen LogP contribution >= 0.6 is 24.8 Å². The van der Waals surface area contributed by atoms with Crippen LogP contribution in [0.4, 0.5) is 0 Å². The molecule has 2 unspecified atom stereocenters. The van der Waals surface area contributed by atoms with E-state index in [9.17, 15) is 0 Å². The van der Waals surface area contributed by atoms with Gasteiger partial charge in [0.25, 0.3) is 0 Å². The normalized spacial score (nSPS) is 34.1. The number of hydrogen-bond donors (Lipinski definition) is 0. The van der Waals surface area contributed by atoms with Crippen molar-refractivity contribution in [3.05, 3.63) is 129 Å². The smallest absolute Gasteiger partial charge is 0.147 e. The molecule has 0 spiro atoms. The van der Waals surface area contributed by atoms with Gasteiger partial charge < -0.3 is 0 Å². The second kappa shape index (κ2) is 15.3. The fourth-order valence-electron chi connectivity index (χ4n) is 16.9. The Morgan fingerprint density at radius 3 is 1.13 bits per heavy atom. The quantitative estimate of drug-likeness (QED) is 0.155. The molecule has 4 aromatic rings. The predicted molar refractivity (Wildman–Crippen MR) is 260 cm³/mol. The van der Waals surface area contributed by atoms with E-state index in [0.717, 1.165) is 59.2 Å². The van der Waals surface area contributed by atoms with Gasteiger partial charge in [0.1, 0.15) is 0 Å². The molecule has 10 aliphatic rings. The maximum Gasteiger partial charge on any atom is -0.147 e. The number of aryl methyl sites for hydroxylation is 2. The first kappa shape index (κ1) is 42.0. The van der Waals surface area contributed by atoms with E-state index in [1.54, 1.807) is 35.1 Å². The number of fused-ring (bicyclic) bond motifs is 2. The van der Waals surface area contributed by atoms with Crippen molar-refractivity contribution in [1.82, 2.24) is 0 Å². The third kappa shape index (κ3) is 6.80. The summed E-state index contributed by atoms with van der Waals surface area (Å²) in [5.74, 6) is 9.74. The minimum atomic E-state index is -3.92. The molecule has 8 fully saturated rings. The molecule has 314 valence electrons. The molecule has 0 saturated heterocycles. The maximum absolute atomic E-state index is 3.92. The van der Waals surface area contributed by atoms with Gasteiger partial charge in [-0.05, 0) is 0 Å². The van der Waals surface area contributed by atoms with Gasteiger partial charge in [-0.3, -0.25) is 0 Å². The molecule has 14 rings (SSSR count). The molecule has 0 N–H and O–H groups in total. The Hall–Kier alpha value is -1.96. The van der Waals surface area contributed by atoms with E-state index in [4.69, 9.17) is 0 Å². The monoisotopic (exact) mass is 928 g/mol.